The quantitative estimate of drug-likeness (QED) is 0.669. The molecule has 0 fully saturated rings. The van der Waals surface area contributed by atoms with Gasteiger partial charge in [-0.15, -0.1) is 0 Å². The number of aromatic nitrogens is 6. The first-order chi connectivity index (χ1) is 8.93. The smallest absolute Gasteiger partial charge is 0.116 e. The summed E-state index contributed by atoms with van der Waals surface area (Å²) in [6.45, 7) is 0. The summed E-state index contributed by atoms with van der Waals surface area (Å²) in [7, 11) is 0. The van der Waals surface area contributed by atoms with E-state index in [1.165, 1.54) is 19.0 Å². The van der Waals surface area contributed by atoms with Crippen molar-refractivity contribution in [1.82, 2.24) is 29.9 Å². The van der Waals surface area contributed by atoms with E-state index in [0.717, 1.165) is 22.5 Å². The van der Waals surface area contributed by atoms with Crippen LogP contribution in [0.25, 0.3) is 22.5 Å². The molecular formula is C12H8N6. The van der Waals surface area contributed by atoms with Gasteiger partial charge >= 0.3 is 0 Å². The maximum atomic E-state index is 4.20. The van der Waals surface area contributed by atoms with Crippen LogP contribution in [0, 0.1) is 0 Å². The minimum Gasteiger partial charge on any atom is -0.244 e. The summed E-state index contributed by atoms with van der Waals surface area (Å²) >= 11 is 0. The third-order valence-electron chi connectivity index (χ3n) is 2.38. The average molecular weight is 236 g/mol. The molecule has 0 aromatic carbocycles. The maximum Gasteiger partial charge on any atom is 0.116 e. The molecule has 0 unspecified atom stereocenters. The van der Waals surface area contributed by atoms with E-state index in [9.17, 15) is 0 Å². The summed E-state index contributed by atoms with van der Waals surface area (Å²) in [6.07, 6.45) is 11.3. The molecule has 0 bridgehead atoms. The summed E-state index contributed by atoms with van der Waals surface area (Å²) in [6, 6.07) is 1.86. The van der Waals surface area contributed by atoms with Crippen molar-refractivity contribution >= 4 is 0 Å². The van der Waals surface area contributed by atoms with Gasteiger partial charge in [-0.3, -0.25) is 0 Å². The lowest BCUT2D eigenvalue weighted by Gasteiger charge is -2.02. The van der Waals surface area contributed by atoms with Crippen LogP contribution in [0.3, 0.4) is 0 Å². The van der Waals surface area contributed by atoms with Crippen LogP contribution < -0.4 is 0 Å². The van der Waals surface area contributed by atoms with Crippen molar-refractivity contribution in [2.45, 2.75) is 0 Å². The molecule has 0 radical (unpaired) electrons. The fourth-order valence-electron chi connectivity index (χ4n) is 1.54. The van der Waals surface area contributed by atoms with Crippen molar-refractivity contribution in [3.05, 3.63) is 49.8 Å². The number of rotatable bonds is 2. The fraction of sp³-hybridized carbons (Fsp3) is 0. The Labute approximate surface area is 103 Å². The highest BCUT2D eigenvalue weighted by Crippen LogP contribution is 2.20. The lowest BCUT2D eigenvalue weighted by Crippen LogP contribution is -1.91. The Kier molecular flexibility index (Phi) is 2.67. The molecular weight excluding hydrogens is 228 g/mol. The number of hydrogen-bond donors (Lipinski definition) is 0. The Bertz CT molecular complexity index is 586. The first-order valence-corrected chi connectivity index (χ1v) is 5.26. The topological polar surface area (TPSA) is 77.3 Å². The van der Waals surface area contributed by atoms with Crippen LogP contribution in [0.15, 0.2) is 49.8 Å². The summed E-state index contributed by atoms with van der Waals surface area (Å²) in [5.74, 6) is 0. The van der Waals surface area contributed by atoms with Gasteiger partial charge in [0.1, 0.15) is 19.0 Å². The van der Waals surface area contributed by atoms with E-state index < -0.39 is 0 Å². The summed E-state index contributed by atoms with van der Waals surface area (Å²) < 4.78 is 0. The van der Waals surface area contributed by atoms with Crippen molar-refractivity contribution in [1.29, 1.82) is 0 Å². The second-order valence-corrected chi connectivity index (χ2v) is 3.54. The van der Waals surface area contributed by atoms with E-state index in [1.807, 2.05) is 6.07 Å². The third kappa shape index (κ3) is 2.03. The van der Waals surface area contributed by atoms with Crippen LogP contribution in [-0.4, -0.2) is 29.9 Å². The van der Waals surface area contributed by atoms with Crippen LogP contribution in [-0.2, 0) is 0 Å². The van der Waals surface area contributed by atoms with Crippen molar-refractivity contribution in [2.75, 3.05) is 0 Å². The Hall–Kier alpha value is -2.76. The SMILES string of the molecule is c1ncc(-c2cc(-c3cncnc3)ncn2)cn1. The predicted molar refractivity (Wildman–Crippen MR) is 64.1 cm³/mol. The Morgan fingerprint density at radius 1 is 0.556 bits per heavy atom. The molecule has 6 heteroatoms. The molecule has 0 aliphatic carbocycles. The molecule has 86 valence electrons. The molecule has 0 saturated carbocycles. The van der Waals surface area contributed by atoms with Gasteiger partial charge < -0.3 is 0 Å². The monoisotopic (exact) mass is 236 g/mol. The zero-order valence-corrected chi connectivity index (χ0v) is 9.30. The summed E-state index contributed by atoms with van der Waals surface area (Å²) in [4.78, 5) is 24.3. The van der Waals surface area contributed by atoms with Crippen molar-refractivity contribution in [2.24, 2.45) is 0 Å². The van der Waals surface area contributed by atoms with Gasteiger partial charge in [0, 0.05) is 35.9 Å². The average Bonchev–Trinajstić information content (AvgIpc) is 2.49. The lowest BCUT2D eigenvalue weighted by molar-refractivity contribution is 1.12. The summed E-state index contributed by atoms with van der Waals surface area (Å²) in [5, 5.41) is 0. The van der Waals surface area contributed by atoms with E-state index in [0.29, 0.717) is 0 Å². The van der Waals surface area contributed by atoms with E-state index in [-0.39, 0.29) is 0 Å². The van der Waals surface area contributed by atoms with Gasteiger partial charge in [0.15, 0.2) is 0 Å². The highest BCUT2D eigenvalue weighted by atomic mass is 14.9. The molecule has 3 aromatic rings. The molecule has 0 aliphatic rings. The van der Waals surface area contributed by atoms with Gasteiger partial charge in [-0.05, 0) is 6.07 Å². The van der Waals surface area contributed by atoms with Crippen LogP contribution in [0.1, 0.15) is 0 Å². The van der Waals surface area contributed by atoms with E-state index >= 15 is 0 Å². The minimum atomic E-state index is 0.768. The van der Waals surface area contributed by atoms with Gasteiger partial charge in [-0.25, -0.2) is 29.9 Å². The maximum absolute atomic E-state index is 4.20. The van der Waals surface area contributed by atoms with E-state index in [2.05, 4.69) is 29.9 Å². The van der Waals surface area contributed by atoms with Crippen molar-refractivity contribution in [3.8, 4) is 22.5 Å². The van der Waals surface area contributed by atoms with Gasteiger partial charge in [0.05, 0.1) is 11.4 Å². The molecule has 0 spiro atoms. The molecule has 0 atom stereocenters. The van der Waals surface area contributed by atoms with Crippen LogP contribution in [0.5, 0.6) is 0 Å². The Morgan fingerprint density at radius 2 is 1.00 bits per heavy atom. The van der Waals surface area contributed by atoms with E-state index in [4.69, 9.17) is 0 Å². The van der Waals surface area contributed by atoms with Gasteiger partial charge in [0.2, 0.25) is 0 Å². The molecule has 0 amide bonds. The molecule has 0 aliphatic heterocycles. The van der Waals surface area contributed by atoms with Crippen molar-refractivity contribution < 1.29 is 0 Å². The summed E-state index contributed by atoms with van der Waals surface area (Å²) in [5.41, 5.74) is 3.23. The third-order valence-corrected chi connectivity index (χ3v) is 2.38. The molecule has 0 N–H and O–H groups in total. The standard InChI is InChI=1S/C12H8N6/c1-11(9-2-13-6-14-3-9)17-8-18-12(1)10-4-15-7-16-5-10/h1-8H. The number of nitrogens with zero attached hydrogens (tertiary/aromatic N) is 6. The normalized spacial score (nSPS) is 10.2. The van der Waals surface area contributed by atoms with Gasteiger partial charge in [-0.1, -0.05) is 0 Å². The second-order valence-electron chi connectivity index (χ2n) is 3.54. The molecule has 3 rings (SSSR count). The van der Waals surface area contributed by atoms with E-state index in [1.54, 1.807) is 24.8 Å². The largest absolute Gasteiger partial charge is 0.244 e. The Balaban J connectivity index is 2.05. The van der Waals surface area contributed by atoms with Gasteiger partial charge in [0.25, 0.3) is 0 Å². The minimum absolute atomic E-state index is 0.768. The molecule has 18 heavy (non-hydrogen) atoms. The van der Waals surface area contributed by atoms with Crippen LogP contribution >= 0.6 is 0 Å². The second kappa shape index (κ2) is 4.62. The first-order valence-electron chi connectivity index (χ1n) is 5.26. The van der Waals surface area contributed by atoms with Crippen molar-refractivity contribution in [3.63, 3.8) is 0 Å². The zero-order chi connectivity index (χ0) is 12.2. The molecule has 0 saturated heterocycles. The highest BCUT2D eigenvalue weighted by Gasteiger charge is 2.04. The number of hydrogen-bond acceptors (Lipinski definition) is 6. The first kappa shape index (κ1) is 10.4. The lowest BCUT2D eigenvalue weighted by atomic mass is 10.1. The molecule has 3 heterocycles. The highest BCUT2D eigenvalue weighted by molar-refractivity contribution is 5.65. The van der Waals surface area contributed by atoms with Crippen LogP contribution in [0.4, 0.5) is 0 Å². The molecule has 6 nitrogen and oxygen atoms in total. The zero-order valence-electron chi connectivity index (χ0n) is 9.30. The van der Waals surface area contributed by atoms with Crippen LogP contribution in [0.2, 0.25) is 0 Å². The molecule has 3 aromatic heterocycles. The predicted octanol–water partition coefficient (Wildman–Crippen LogP) is 1.39. The van der Waals surface area contributed by atoms with Gasteiger partial charge in [-0.2, -0.15) is 0 Å². The Morgan fingerprint density at radius 3 is 1.44 bits per heavy atom. The fourth-order valence-corrected chi connectivity index (χ4v) is 1.54.